The number of anilines is 1. The van der Waals surface area contributed by atoms with E-state index < -0.39 is 0 Å². The molecule has 0 radical (unpaired) electrons. The average Bonchev–Trinajstić information content (AvgIpc) is 2.47. The van der Waals surface area contributed by atoms with Gasteiger partial charge in [-0.2, -0.15) is 9.97 Å². The van der Waals surface area contributed by atoms with Crippen LogP contribution in [0.2, 0.25) is 0 Å². The molecule has 1 aromatic rings. The minimum absolute atomic E-state index is 0. The first-order valence-electron chi connectivity index (χ1n) is 6.41. The number of nitrogens with one attached hydrogen (secondary N) is 2. The summed E-state index contributed by atoms with van der Waals surface area (Å²) in [6, 6.07) is 1.55. The minimum atomic E-state index is -0.151. The maximum atomic E-state index is 11.9. The molecular weight excluding hydrogens is 298 g/mol. The molecule has 0 atom stereocenters. The number of piperazine rings is 1. The SMILES string of the molecule is COc1cc(OC)nc(NC(=O)CN2CCNCC2)n1.Cl. The Morgan fingerprint density at radius 3 is 2.38 bits per heavy atom. The zero-order valence-electron chi connectivity index (χ0n) is 12.1. The first-order chi connectivity index (χ1) is 9.71. The fourth-order valence-corrected chi connectivity index (χ4v) is 1.91. The lowest BCUT2D eigenvalue weighted by Gasteiger charge is -2.26. The molecule has 1 aliphatic rings. The maximum absolute atomic E-state index is 11.9. The average molecular weight is 318 g/mol. The van der Waals surface area contributed by atoms with E-state index in [2.05, 4.69) is 25.5 Å². The van der Waals surface area contributed by atoms with Gasteiger partial charge in [-0.05, 0) is 0 Å². The van der Waals surface area contributed by atoms with E-state index in [4.69, 9.17) is 9.47 Å². The van der Waals surface area contributed by atoms with Crippen molar-refractivity contribution in [1.82, 2.24) is 20.2 Å². The van der Waals surface area contributed by atoms with Gasteiger partial charge < -0.3 is 14.8 Å². The molecule has 1 aromatic heterocycles. The summed E-state index contributed by atoms with van der Waals surface area (Å²) in [7, 11) is 2.99. The second-order valence-corrected chi connectivity index (χ2v) is 4.35. The Labute approximate surface area is 129 Å². The van der Waals surface area contributed by atoms with Gasteiger partial charge in [0.05, 0.1) is 26.8 Å². The highest BCUT2D eigenvalue weighted by Crippen LogP contribution is 2.17. The number of rotatable bonds is 5. The smallest absolute Gasteiger partial charge is 0.240 e. The quantitative estimate of drug-likeness (QED) is 0.774. The highest BCUT2D eigenvalue weighted by molar-refractivity contribution is 5.90. The number of carbonyl (C=O) groups is 1. The molecular formula is C12H20ClN5O3. The molecule has 0 spiro atoms. The summed E-state index contributed by atoms with van der Waals surface area (Å²) in [5, 5.41) is 5.89. The summed E-state index contributed by atoms with van der Waals surface area (Å²) in [4.78, 5) is 22.1. The van der Waals surface area contributed by atoms with Crippen molar-refractivity contribution in [3.05, 3.63) is 6.07 Å². The van der Waals surface area contributed by atoms with Gasteiger partial charge in [-0.25, -0.2) is 0 Å². The van der Waals surface area contributed by atoms with Crippen molar-refractivity contribution in [2.75, 3.05) is 52.3 Å². The Morgan fingerprint density at radius 1 is 1.29 bits per heavy atom. The molecule has 21 heavy (non-hydrogen) atoms. The molecule has 1 fully saturated rings. The van der Waals surface area contributed by atoms with Crippen LogP contribution in [-0.2, 0) is 4.79 Å². The van der Waals surface area contributed by atoms with Crippen molar-refractivity contribution in [2.45, 2.75) is 0 Å². The summed E-state index contributed by atoms with van der Waals surface area (Å²) in [5.41, 5.74) is 0. The third-order valence-electron chi connectivity index (χ3n) is 2.93. The summed E-state index contributed by atoms with van der Waals surface area (Å²) < 4.78 is 10.1. The lowest BCUT2D eigenvalue weighted by Crippen LogP contribution is -2.46. The minimum Gasteiger partial charge on any atom is -0.481 e. The van der Waals surface area contributed by atoms with Gasteiger partial charge in [-0.1, -0.05) is 0 Å². The Hall–Kier alpha value is -1.64. The monoisotopic (exact) mass is 317 g/mol. The molecule has 1 amide bonds. The Bertz CT molecular complexity index is 446. The van der Waals surface area contributed by atoms with Crippen LogP contribution in [0.5, 0.6) is 11.8 Å². The Kier molecular flexibility index (Phi) is 7.13. The zero-order chi connectivity index (χ0) is 14.4. The summed E-state index contributed by atoms with van der Waals surface area (Å²) in [5.74, 6) is 0.715. The number of carbonyl (C=O) groups excluding carboxylic acids is 1. The molecule has 0 bridgehead atoms. The largest absolute Gasteiger partial charge is 0.481 e. The zero-order valence-corrected chi connectivity index (χ0v) is 12.9. The predicted molar refractivity (Wildman–Crippen MR) is 80.3 cm³/mol. The van der Waals surface area contributed by atoms with E-state index in [9.17, 15) is 4.79 Å². The number of methoxy groups -OCH3 is 2. The lowest BCUT2D eigenvalue weighted by atomic mass is 10.3. The van der Waals surface area contributed by atoms with Crippen molar-refractivity contribution in [3.8, 4) is 11.8 Å². The van der Waals surface area contributed by atoms with Gasteiger partial charge in [0.15, 0.2) is 0 Å². The number of hydrogen-bond donors (Lipinski definition) is 2. The molecule has 0 aromatic carbocycles. The fourth-order valence-electron chi connectivity index (χ4n) is 1.91. The highest BCUT2D eigenvalue weighted by Gasteiger charge is 2.15. The number of nitrogens with zero attached hydrogens (tertiary/aromatic N) is 3. The summed E-state index contributed by atoms with van der Waals surface area (Å²) >= 11 is 0. The third kappa shape index (κ3) is 5.33. The molecule has 0 unspecified atom stereocenters. The van der Waals surface area contributed by atoms with Crippen LogP contribution in [0.1, 0.15) is 0 Å². The normalized spacial score (nSPS) is 15.0. The van der Waals surface area contributed by atoms with Crippen LogP contribution in [0.25, 0.3) is 0 Å². The van der Waals surface area contributed by atoms with Crippen molar-refractivity contribution < 1.29 is 14.3 Å². The summed E-state index contributed by atoms with van der Waals surface area (Å²) in [6.07, 6.45) is 0. The molecule has 2 heterocycles. The molecule has 2 N–H and O–H groups in total. The molecule has 0 saturated carbocycles. The van der Waals surface area contributed by atoms with E-state index in [0.717, 1.165) is 26.2 Å². The molecule has 9 heteroatoms. The van der Waals surface area contributed by atoms with Crippen LogP contribution in [0.3, 0.4) is 0 Å². The third-order valence-corrected chi connectivity index (χ3v) is 2.93. The second-order valence-electron chi connectivity index (χ2n) is 4.35. The van der Waals surface area contributed by atoms with Crippen LogP contribution in [0.15, 0.2) is 6.07 Å². The van der Waals surface area contributed by atoms with E-state index in [-0.39, 0.29) is 24.3 Å². The fraction of sp³-hybridized carbons (Fsp3) is 0.583. The van der Waals surface area contributed by atoms with Crippen molar-refractivity contribution in [2.24, 2.45) is 0 Å². The van der Waals surface area contributed by atoms with E-state index in [1.807, 2.05) is 0 Å². The van der Waals surface area contributed by atoms with Crippen LogP contribution in [0.4, 0.5) is 5.95 Å². The van der Waals surface area contributed by atoms with Crippen molar-refractivity contribution in [1.29, 1.82) is 0 Å². The first kappa shape index (κ1) is 17.4. The van der Waals surface area contributed by atoms with E-state index in [1.165, 1.54) is 14.2 Å². The van der Waals surface area contributed by atoms with Crippen LogP contribution >= 0.6 is 12.4 Å². The van der Waals surface area contributed by atoms with Gasteiger partial charge in [0.2, 0.25) is 23.6 Å². The van der Waals surface area contributed by atoms with Gasteiger partial charge in [-0.15, -0.1) is 12.4 Å². The molecule has 118 valence electrons. The van der Waals surface area contributed by atoms with Gasteiger partial charge in [0, 0.05) is 26.2 Å². The molecule has 2 rings (SSSR count). The number of halogens is 1. The van der Waals surface area contributed by atoms with E-state index in [1.54, 1.807) is 6.07 Å². The lowest BCUT2D eigenvalue weighted by molar-refractivity contribution is -0.117. The van der Waals surface area contributed by atoms with Crippen molar-refractivity contribution >= 4 is 24.3 Å². The van der Waals surface area contributed by atoms with Gasteiger partial charge in [-0.3, -0.25) is 15.0 Å². The molecule has 0 aliphatic carbocycles. The first-order valence-corrected chi connectivity index (χ1v) is 6.41. The maximum Gasteiger partial charge on any atom is 0.240 e. The van der Waals surface area contributed by atoms with Crippen molar-refractivity contribution in [3.63, 3.8) is 0 Å². The molecule has 8 nitrogen and oxygen atoms in total. The van der Waals surface area contributed by atoms with Gasteiger partial charge >= 0.3 is 0 Å². The number of aromatic nitrogens is 2. The Balaban J connectivity index is 0.00000220. The summed E-state index contributed by atoms with van der Waals surface area (Å²) in [6.45, 7) is 3.84. The van der Waals surface area contributed by atoms with Gasteiger partial charge in [0.1, 0.15) is 0 Å². The van der Waals surface area contributed by atoms with Crippen LogP contribution < -0.4 is 20.1 Å². The van der Waals surface area contributed by atoms with Crippen LogP contribution in [0, 0.1) is 0 Å². The van der Waals surface area contributed by atoms with E-state index in [0.29, 0.717) is 18.3 Å². The van der Waals surface area contributed by atoms with Crippen LogP contribution in [-0.4, -0.2) is 67.7 Å². The Morgan fingerprint density at radius 2 is 1.86 bits per heavy atom. The second kappa shape index (κ2) is 8.60. The highest BCUT2D eigenvalue weighted by atomic mass is 35.5. The predicted octanol–water partition coefficient (Wildman–Crippen LogP) is -0.241. The van der Waals surface area contributed by atoms with E-state index >= 15 is 0 Å². The number of ether oxygens (including phenoxy) is 2. The topological polar surface area (TPSA) is 88.6 Å². The standard InChI is InChI=1S/C12H19N5O3.ClH/c1-19-10-7-11(20-2)16-12(15-10)14-9(18)8-17-5-3-13-4-6-17;/h7,13H,3-6,8H2,1-2H3,(H,14,15,16,18);1H. The van der Waals surface area contributed by atoms with Gasteiger partial charge in [0.25, 0.3) is 0 Å². The molecule has 1 aliphatic heterocycles. The number of amides is 1. The molecule has 1 saturated heterocycles. The number of hydrogen-bond acceptors (Lipinski definition) is 7.